The van der Waals surface area contributed by atoms with Crippen molar-refractivity contribution in [3.63, 3.8) is 0 Å². The van der Waals surface area contributed by atoms with E-state index in [0.29, 0.717) is 11.9 Å². The number of hydrogen-bond acceptors (Lipinski definition) is 4. The largest absolute Gasteiger partial charge is 0.389 e. The van der Waals surface area contributed by atoms with Gasteiger partial charge in [-0.1, -0.05) is 43.2 Å². The number of nitrogens with one attached hydrogen (secondary N) is 2. The van der Waals surface area contributed by atoms with E-state index in [1.165, 1.54) is 12.8 Å². The molecule has 2 aliphatic rings. The van der Waals surface area contributed by atoms with E-state index >= 15 is 0 Å². The molecule has 0 aromatic heterocycles. The Balaban J connectivity index is 0.00000363. The van der Waals surface area contributed by atoms with Crippen molar-refractivity contribution >= 4 is 35.8 Å². The summed E-state index contributed by atoms with van der Waals surface area (Å²) in [5.41, 5.74) is 1.09. The molecule has 2 fully saturated rings. The van der Waals surface area contributed by atoms with E-state index in [0.717, 1.165) is 44.5 Å². The van der Waals surface area contributed by atoms with Crippen LogP contribution in [0.3, 0.4) is 0 Å². The fourth-order valence-electron chi connectivity index (χ4n) is 4.35. The third kappa shape index (κ3) is 8.19. The van der Waals surface area contributed by atoms with Crippen molar-refractivity contribution in [2.24, 2.45) is 10.9 Å². The predicted octanol–water partition coefficient (Wildman–Crippen LogP) is 3.09. The van der Waals surface area contributed by atoms with Crippen LogP contribution in [0.15, 0.2) is 35.3 Å². The Labute approximate surface area is 209 Å². The number of hydrogen-bond donors (Lipinski definition) is 3. The maximum absolute atomic E-state index is 12.7. The third-order valence-corrected chi connectivity index (χ3v) is 6.16. The molecule has 0 radical (unpaired) electrons. The number of aliphatic hydroxyl groups is 1. The number of aliphatic imine (C=N–C) groups is 1. The Morgan fingerprint density at radius 1 is 1.25 bits per heavy atom. The summed E-state index contributed by atoms with van der Waals surface area (Å²) in [6.07, 6.45) is 4.61. The number of amides is 1. The molecule has 7 nitrogen and oxygen atoms in total. The molecule has 3 unspecified atom stereocenters. The van der Waals surface area contributed by atoms with Gasteiger partial charge in [-0.3, -0.25) is 9.79 Å². The average molecular weight is 559 g/mol. The van der Waals surface area contributed by atoms with Gasteiger partial charge in [0, 0.05) is 31.6 Å². The quantitative estimate of drug-likeness (QED) is 0.247. The number of nitrogens with zero attached hydrogens (tertiary/aromatic N) is 2. The van der Waals surface area contributed by atoms with Crippen LogP contribution in [-0.2, 0) is 9.53 Å². The van der Waals surface area contributed by atoms with Crippen molar-refractivity contribution in [1.29, 1.82) is 0 Å². The standard InChI is InChI=1S/C24H38N4O3.HI/c1-3-25-24(26-15-22(29)17-31-18(2)19-9-5-4-6-10-19)27-21-13-14-28(16-21)23(30)20-11-7-8-12-20;/h4-6,9-10,18,20-22,29H,3,7-8,11-17H2,1-2H3,(H2,25,26,27);1H. The maximum atomic E-state index is 12.7. The Kier molecular flexibility index (Phi) is 11.7. The smallest absolute Gasteiger partial charge is 0.225 e. The van der Waals surface area contributed by atoms with Crippen LogP contribution in [0, 0.1) is 5.92 Å². The van der Waals surface area contributed by atoms with Gasteiger partial charge in [-0.25, -0.2) is 0 Å². The monoisotopic (exact) mass is 558 g/mol. The summed E-state index contributed by atoms with van der Waals surface area (Å²) in [4.78, 5) is 19.2. The molecule has 1 saturated carbocycles. The molecule has 0 bridgehead atoms. The SMILES string of the molecule is CCNC(=NCC(O)COC(C)c1ccccc1)NC1CCN(C(=O)C2CCCC2)C1.I. The van der Waals surface area contributed by atoms with Crippen LogP contribution in [-0.4, -0.2) is 66.8 Å². The van der Waals surface area contributed by atoms with E-state index in [1.54, 1.807) is 0 Å². The second-order valence-electron chi connectivity index (χ2n) is 8.66. The van der Waals surface area contributed by atoms with Gasteiger partial charge in [0.1, 0.15) is 0 Å². The van der Waals surface area contributed by atoms with Gasteiger partial charge >= 0.3 is 0 Å². The number of aliphatic hydroxyl groups excluding tert-OH is 1. The van der Waals surface area contributed by atoms with Gasteiger partial charge in [0.25, 0.3) is 0 Å². The Bertz CT molecular complexity index is 712. The first kappa shape index (κ1) is 26.9. The molecule has 1 aromatic rings. The van der Waals surface area contributed by atoms with Crippen LogP contribution >= 0.6 is 24.0 Å². The fraction of sp³-hybridized carbons (Fsp3) is 0.667. The number of likely N-dealkylation sites (tertiary alicyclic amines) is 1. The van der Waals surface area contributed by atoms with Gasteiger partial charge in [0.15, 0.2) is 5.96 Å². The molecular formula is C24H39IN4O3. The van der Waals surface area contributed by atoms with E-state index in [-0.39, 0.29) is 55.2 Å². The van der Waals surface area contributed by atoms with Crippen LogP contribution in [0.5, 0.6) is 0 Å². The van der Waals surface area contributed by atoms with Crippen LogP contribution in [0.25, 0.3) is 0 Å². The Morgan fingerprint density at radius 3 is 2.66 bits per heavy atom. The molecule has 3 rings (SSSR count). The molecule has 1 aliphatic heterocycles. The Hall–Kier alpha value is -1.39. The van der Waals surface area contributed by atoms with Gasteiger partial charge in [0.2, 0.25) is 5.91 Å². The zero-order valence-electron chi connectivity index (χ0n) is 19.3. The van der Waals surface area contributed by atoms with Gasteiger partial charge in [0.05, 0.1) is 25.4 Å². The first-order valence-electron chi connectivity index (χ1n) is 11.7. The molecule has 1 saturated heterocycles. The molecule has 3 atom stereocenters. The van der Waals surface area contributed by atoms with Crippen molar-refractivity contribution in [1.82, 2.24) is 15.5 Å². The molecule has 8 heteroatoms. The molecule has 0 spiro atoms. The fourth-order valence-corrected chi connectivity index (χ4v) is 4.35. The van der Waals surface area contributed by atoms with Gasteiger partial charge in [-0.15, -0.1) is 24.0 Å². The lowest BCUT2D eigenvalue weighted by atomic mass is 10.1. The molecule has 1 aromatic carbocycles. The van der Waals surface area contributed by atoms with E-state index in [4.69, 9.17) is 4.74 Å². The van der Waals surface area contributed by atoms with E-state index < -0.39 is 6.10 Å². The van der Waals surface area contributed by atoms with Gasteiger partial charge in [-0.2, -0.15) is 0 Å². The molecule has 32 heavy (non-hydrogen) atoms. The first-order valence-corrected chi connectivity index (χ1v) is 11.7. The van der Waals surface area contributed by atoms with Crippen LogP contribution in [0.4, 0.5) is 0 Å². The lowest BCUT2D eigenvalue weighted by Gasteiger charge is -2.22. The van der Waals surface area contributed by atoms with Crippen molar-refractivity contribution in [3.8, 4) is 0 Å². The van der Waals surface area contributed by atoms with Gasteiger partial charge < -0.3 is 25.4 Å². The zero-order chi connectivity index (χ0) is 22.1. The normalized spacial score (nSPS) is 21.2. The Morgan fingerprint density at radius 2 is 1.97 bits per heavy atom. The minimum atomic E-state index is -0.675. The van der Waals surface area contributed by atoms with E-state index in [9.17, 15) is 9.90 Å². The van der Waals surface area contributed by atoms with E-state index in [2.05, 4.69) is 15.6 Å². The summed E-state index contributed by atoms with van der Waals surface area (Å²) < 4.78 is 5.80. The van der Waals surface area contributed by atoms with Crippen molar-refractivity contribution in [3.05, 3.63) is 35.9 Å². The highest BCUT2D eigenvalue weighted by molar-refractivity contribution is 14.0. The molecular weight excluding hydrogens is 519 g/mol. The lowest BCUT2D eigenvalue weighted by molar-refractivity contribution is -0.134. The summed E-state index contributed by atoms with van der Waals surface area (Å²) in [5, 5.41) is 17.0. The summed E-state index contributed by atoms with van der Waals surface area (Å²) in [6, 6.07) is 10.2. The minimum absolute atomic E-state index is 0. The highest BCUT2D eigenvalue weighted by Gasteiger charge is 2.32. The summed E-state index contributed by atoms with van der Waals surface area (Å²) >= 11 is 0. The third-order valence-electron chi connectivity index (χ3n) is 6.16. The van der Waals surface area contributed by atoms with Crippen LogP contribution in [0.1, 0.15) is 57.6 Å². The lowest BCUT2D eigenvalue weighted by Crippen LogP contribution is -2.45. The number of benzene rings is 1. The molecule has 1 aliphatic carbocycles. The van der Waals surface area contributed by atoms with E-state index in [1.807, 2.05) is 49.1 Å². The molecule has 3 N–H and O–H groups in total. The summed E-state index contributed by atoms with van der Waals surface area (Å²) in [5.74, 6) is 1.23. The predicted molar refractivity (Wildman–Crippen MR) is 138 cm³/mol. The first-order chi connectivity index (χ1) is 15.1. The molecule has 180 valence electrons. The van der Waals surface area contributed by atoms with Crippen molar-refractivity contribution in [2.75, 3.05) is 32.8 Å². The van der Waals surface area contributed by atoms with Crippen molar-refractivity contribution < 1.29 is 14.6 Å². The van der Waals surface area contributed by atoms with Crippen molar-refractivity contribution in [2.45, 2.75) is 64.2 Å². The second kappa shape index (κ2) is 14.0. The van der Waals surface area contributed by atoms with Crippen LogP contribution in [0.2, 0.25) is 0 Å². The highest BCUT2D eigenvalue weighted by Crippen LogP contribution is 2.27. The number of rotatable bonds is 9. The number of guanidine groups is 1. The highest BCUT2D eigenvalue weighted by atomic mass is 127. The number of halogens is 1. The van der Waals surface area contributed by atoms with Gasteiger partial charge in [-0.05, 0) is 38.7 Å². The molecule has 1 amide bonds. The average Bonchev–Trinajstić information content (AvgIpc) is 3.48. The maximum Gasteiger partial charge on any atom is 0.225 e. The molecule has 1 heterocycles. The number of carbonyl (C=O) groups excluding carboxylic acids is 1. The zero-order valence-corrected chi connectivity index (χ0v) is 21.7. The second-order valence-corrected chi connectivity index (χ2v) is 8.66. The van der Waals surface area contributed by atoms with Crippen LogP contribution < -0.4 is 10.6 Å². The summed E-state index contributed by atoms with van der Waals surface area (Å²) in [7, 11) is 0. The summed E-state index contributed by atoms with van der Waals surface area (Å²) in [6.45, 7) is 6.75. The minimum Gasteiger partial charge on any atom is -0.389 e. The topological polar surface area (TPSA) is 86.2 Å². The number of ether oxygens (including phenoxy) is 1. The number of carbonyl (C=O) groups is 1.